The van der Waals surface area contributed by atoms with Crippen molar-refractivity contribution >= 4 is 0 Å². The molecule has 1 saturated heterocycles. The second-order valence-electron chi connectivity index (χ2n) is 3.58. The van der Waals surface area contributed by atoms with Gasteiger partial charge < -0.3 is 9.47 Å². The van der Waals surface area contributed by atoms with E-state index in [1.165, 1.54) is 0 Å². The molecule has 0 bridgehead atoms. The monoisotopic (exact) mass is 193 g/mol. The lowest BCUT2D eigenvalue weighted by molar-refractivity contribution is 0.0678. The topological polar surface area (TPSA) is 31.4 Å². The number of nitrogens with zero attached hydrogens (tertiary/aromatic N) is 1. The predicted octanol–water partition coefficient (Wildman–Crippen LogP) is 1.95. The standard InChI is InChI=1S/C11H15NO2/c1-9-4-5-10(7-12-9)14-8-11-3-2-6-13-11/h4-5,7,11H,2-3,6,8H2,1H3/t11-/m0/s1. The summed E-state index contributed by atoms with van der Waals surface area (Å²) in [5.41, 5.74) is 1.01. The van der Waals surface area contributed by atoms with Crippen molar-refractivity contribution in [2.45, 2.75) is 25.9 Å². The van der Waals surface area contributed by atoms with Gasteiger partial charge in [0.2, 0.25) is 0 Å². The molecule has 2 heterocycles. The second kappa shape index (κ2) is 4.42. The fraction of sp³-hybridized carbons (Fsp3) is 0.545. The Balaban J connectivity index is 1.82. The van der Waals surface area contributed by atoms with Gasteiger partial charge in [-0.25, -0.2) is 0 Å². The quantitative estimate of drug-likeness (QED) is 0.735. The predicted molar refractivity (Wildman–Crippen MR) is 53.4 cm³/mol. The molecule has 3 nitrogen and oxygen atoms in total. The van der Waals surface area contributed by atoms with E-state index >= 15 is 0 Å². The summed E-state index contributed by atoms with van der Waals surface area (Å²) in [5, 5.41) is 0. The molecule has 76 valence electrons. The van der Waals surface area contributed by atoms with Gasteiger partial charge in [0, 0.05) is 12.3 Å². The normalized spacial score (nSPS) is 21.1. The van der Waals surface area contributed by atoms with E-state index in [0.717, 1.165) is 30.9 Å². The number of aromatic nitrogens is 1. The third-order valence-electron chi connectivity index (χ3n) is 2.34. The van der Waals surface area contributed by atoms with Gasteiger partial charge >= 0.3 is 0 Å². The van der Waals surface area contributed by atoms with E-state index in [-0.39, 0.29) is 6.10 Å². The fourth-order valence-electron chi connectivity index (χ4n) is 1.50. The van der Waals surface area contributed by atoms with E-state index in [4.69, 9.17) is 9.47 Å². The molecule has 14 heavy (non-hydrogen) atoms. The van der Waals surface area contributed by atoms with Crippen LogP contribution >= 0.6 is 0 Å². The minimum absolute atomic E-state index is 0.274. The maximum Gasteiger partial charge on any atom is 0.137 e. The SMILES string of the molecule is Cc1ccc(OC[C@@H]2CCCO2)cn1. The number of aryl methyl sites for hydroxylation is 1. The molecule has 1 atom stereocenters. The molecule has 1 fully saturated rings. The summed E-state index contributed by atoms with van der Waals surface area (Å²) in [4.78, 5) is 4.16. The molecule has 1 aromatic rings. The van der Waals surface area contributed by atoms with Crippen LogP contribution in [-0.2, 0) is 4.74 Å². The van der Waals surface area contributed by atoms with Crippen LogP contribution in [0.2, 0.25) is 0 Å². The highest BCUT2D eigenvalue weighted by Gasteiger charge is 2.15. The van der Waals surface area contributed by atoms with Crippen molar-refractivity contribution in [1.29, 1.82) is 0 Å². The van der Waals surface area contributed by atoms with Crippen LogP contribution in [-0.4, -0.2) is 24.3 Å². The first-order valence-electron chi connectivity index (χ1n) is 5.01. The van der Waals surface area contributed by atoms with Gasteiger partial charge in [0.05, 0.1) is 12.3 Å². The highest BCUT2D eigenvalue weighted by Crippen LogP contribution is 2.14. The second-order valence-corrected chi connectivity index (χ2v) is 3.58. The van der Waals surface area contributed by atoms with Crippen LogP contribution in [0.15, 0.2) is 18.3 Å². The van der Waals surface area contributed by atoms with Gasteiger partial charge in [-0.3, -0.25) is 4.98 Å². The fourth-order valence-corrected chi connectivity index (χ4v) is 1.50. The Kier molecular flexibility index (Phi) is 2.99. The molecular formula is C11H15NO2. The molecule has 0 aliphatic carbocycles. The summed E-state index contributed by atoms with van der Waals surface area (Å²) in [7, 11) is 0. The van der Waals surface area contributed by atoms with Crippen molar-refractivity contribution in [2.75, 3.05) is 13.2 Å². The third-order valence-corrected chi connectivity index (χ3v) is 2.34. The molecule has 0 spiro atoms. The van der Waals surface area contributed by atoms with Crippen molar-refractivity contribution < 1.29 is 9.47 Å². The lowest BCUT2D eigenvalue weighted by Gasteiger charge is -2.10. The molecule has 1 aromatic heterocycles. The smallest absolute Gasteiger partial charge is 0.137 e. The van der Waals surface area contributed by atoms with Crippen LogP contribution < -0.4 is 4.74 Å². The number of ether oxygens (including phenoxy) is 2. The Hall–Kier alpha value is -1.09. The number of pyridine rings is 1. The van der Waals surface area contributed by atoms with Gasteiger partial charge in [0.1, 0.15) is 12.4 Å². The Morgan fingerprint density at radius 2 is 2.50 bits per heavy atom. The van der Waals surface area contributed by atoms with E-state index in [2.05, 4.69) is 4.98 Å². The molecule has 3 heteroatoms. The van der Waals surface area contributed by atoms with E-state index in [0.29, 0.717) is 6.61 Å². The lowest BCUT2D eigenvalue weighted by atomic mass is 10.2. The molecule has 0 unspecified atom stereocenters. The maximum absolute atomic E-state index is 5.56. The van der Waals surface area contributed by atoms with Gasteiger partial charge in [0.15, 0.2) is 0 Å². The molecule has 1 aliphatic rings. The number of hydrogen-bond acceptors (Lipinski definition) is 3. The van der Waals surface area contributed by atoms with Crippen LogP contribution in [0.25, 0.3) is 0 Å². The number of hydrogen-bond donors (Lipinski definition) is 0. The van der Waals surface area contributed by atoms with Crippen LogP contribution in [0.5, 0.6) is 5.75 Å². The van der Waals surface area contributed by atoms with E-state index in [1.54, 1.807) is 6.20 Å². The van der Waals surface area contributed by atoms with Crippen LogP contribution in [0.3, 0.4) is 0 Å². The van der Waals surface area contributed by atoms with E-state index < -0.39 is 0 Å². The van der Waals surface area contributed by atoms with Crippen molar-refractivity contribution in [1.82, 2.24) is 4.98 Å². The zero-order valence-electron chi connectivity index (χ0n) is 8.40. The zero-order chi connectivity index (χ0) is 9.80. The number of rotatable bonds is 3. The van der Waals surface area contributed by atoms with Gasteiger partial charge in [0.25, 0.3) is 0 Å². The van der Waals surface area contributed by atoms with Crippen LogP contribution in [0, 0.1) is 6.92 Å². The first-order valence-corrected chi connectivity index (χ1v) is 5.01. The van der Waals surface area contributed by atoms with Crippen molar-refractivity contribution in [3.05, 3.63) is 24.0 Å². The van der Waals surface area contributed by atoms with Crippen molar-refractivity contribution in [3.63, 3.8) is 0 Å². The Bertz CT molecular complexity index is 278. The third kappa shape index (κ3) is 2.45. The zero-order valence-corrected chi connectivity index (χ0v) is 8.40. The average Bonchev–Trinajstić information content (AvgIpc) is 2.70. The molecule has 0 aromatic carbocycles. The van der Waals surface area contributed by atoms with Gasteiger partial charge in [-0.15, -0.1) is 0 Å². The highest BCUT2D eigenvalue weighted by molar-refractivity contribution is 5.19. The molecule has 2 rings (SSSR count). The molecular weight excluding hydrogens is 178 g/mol. The maximum atomic E-state index is 5.56. The molecule has 1 aliphatic heterocycles. The van der Waals surface area contributed by atoms with Crippen molar-refractivity contribution in [3.8, 4) is 5.75 Å². The van der Waals surface area contributed by atoms with Gasteiger partial charge in [-0.05, 0) is 31.9 Å². The first-order chi connectivity index (χ1) is 6.84. The Labute approximate surface area is 84.1 Å². The van der Waals surface area contributed by atoms with Gasteiger partial charge in [-0.1, -0.05) is 0 Å². The molecule has 0 saturated carbocycles. The summed E-state index contributed by atoms with van der Waals surface area (Å²) in [6.07, 6.45) is 4.29. The van der Waals surface area contributed by atoms with Crippen molar-refractivity contribution in [2.24, 2.45) is 0 Å². The largest absolute Gasteiger partial charge is 0.489 e. The minimum atomic E-state index is 0.274. The summed E-state index contributed by atoms with van der Waals surface area (Å²) in [6, 6.07) is 3.89. The highest BCUT2D eigenvalue weighted by atomic mass is 16.5. The average molecular weight is 193 g/mol. The van der Waals surface area contributed by atoms with Gasteiger partial charge in [-0.2, -0.15) is 0 Å². The van der Waals surface area contributed by atoms with E-state index in [9.17, 15) is 0 Å². The Morgan fingerprint density at radius 1 is 1.57 bits per heavy atom. The Morgan fingerprint density at radius 3 is 3.14 bits per heavy atom. The molecule has 0 N–H and O–H groups in total. The molecule has 0 amide bonds. The minimum Gasteiger partial charge on any atom is -0.489 e. The van der Waals surface area contributed by atoms with E-state index in [1.807, 2.05) is 19.1 Å². The summed E-state index contributed by atoms with van der Waals surface area (Å²) >= 11 is 0. The first kappa shape index (κ1) is 9.46. The summed E-state index contributed by atoms with van der Waals surface area (Å²) in [6.45, 7) is 3.48. The molecule has 0 radical (unpaired) electrons. The summed E-state index contributed by atoms with van der Waals surface area (Å²) in [5.74, 6) is 0.825. The van der Waals surface area contributed by atoms with Crippen LogP contribution in [0.4, 0.5) is 0 Å². The summed E-state index contributed by atoms with van der Waals surface area (Å²) < 4.78 is 11.0. The lowest BCUT2D eigenvalue weighted by Crippen LogP contribution is -2.16. The van der Waals surface area contributed by atoms with Crippen LogP contribution in [0.1, 0.15) is 18.5 Å².